The van der Waals surface area contributed by atoms with Crippen LogP contribution in [-0.4, -0.2) is 20.9 Å². The molecule has 0 atom stereocenters. The fourth-order valence-electron chi connectivity index (χ4n) is 2.63. The van der Waals surface area contributed by atoms with Gasteiger partial charge in [0.05, 0.1) is 10.6 Å². The minimum absolute atomic E-state index is 0.0410. The molecule has 0 fully saturated rings. The molecular weight excluding hydrogens is 374 g/mol. The van der Waals surface area contributed by atoms with E-state index in [2.05, 4.69) is 0 Å². The molecule has 0 heterocycles. The minimum atomic E-state index is -4.07. The van der Waals surface area contributed by atoms with Crippen molar-refractivity contribution in [2.24, 2.45) is 0 Å². The molecule has 0 aliphatic heterocycles. The molecule has 5 nitrogen and oxygen atoms in total. The first-order chi connectivity index (χ1) is 13.4. The lowest BCUT2D eigenvalue weighted by atomic mass is 10.2. The molecule has 0 aliphatic rings. The van der Waals surface area contributed by atoms with Gasteiger partial charge >= 0.3 is 0 Å². The highest BCUT2D eigenvalue weighted by Crippen LogP contribution is 2.24. The Morgan fingerprint density at radius 3 is 1.93 bits per heavy atom. The number of hydrogen-bond acceptors (Lipinski definition) is 4. The van der Waals surface area contributed by atoms with Gasteiger partial charge in [-0.2, -0.15) is 4.31 Å². The first kappa shape index (κ1) is 19.6. The number of rotatable bonds is 6. The van der Waals surface area contributed by atoms with E-state index in [1.807, 2.05) is 26.0 Å². The van der Waals surface area contributed by atoms with Gasteiger partial charge in [-0.3, -0.25) is 4.79 Å². The number of ether oxygens (including phenoxy) is 1. The van der Waals surface area contributed by atoms with E-state index >= 15 is 0 Å². The van der Waals surface area contributed by atoms with Crippen LogP contribution in [0.1, 0.15) is 11.1 Å². The smallest absolute Gasteiger partial charge is 0.278 e. The van der Waals surface area contributed by atoms with Gasteiger partial charge in [-0.25, -0.2) is 8.42 Å². The van der Waals surface area contributed by atoms with E-state index in [0.717, 1.165) is 15.4 Å². The van der Waals surface area contributed by atoms with Crippen molar-refractivity contribution < 1.29 is 17.9 Å². The Hall–Kier alpha value is -3.12. The summed E-state index contributed by atoms with van der Waals surface area (Å²) in [5.41, 5.74) is 2.29. The SMILES string of the molecule is Cc1ccc(OCC(=O)N(c2ccc(C)cc2)S(=O)(=O)c2ccccc2)cc1. The van der Waals surface area contributed by atoms with E-state index in [4.69, 9.17) is 4.74 Å². The molecule has 28 heavy (non-hydrogen) atoms. The Labute approximate surface area is 165 Å². The number of hydrogen-bond donors (Lipinski definition) is 0. The zero-order valence-corrected chi connectivity index (χ0v) is 16.5. The van der Waals surface area contributed by atoms with Gasteiger partial charge in [0.1, 0.15) is 5.75 Å². The van der Waals surface area contributed by atoms with Crippen LogP contribution in [0.15, 0.2) is 83.8 Å². The van der Waals surface area contributed by atoms with Crippen molar-refractivity contribution in [1.82, 2.24) is 0 Å². The molecule has 0 aliphatic carbocycles. The number of amides is 1. The quantitative estimate of drug-likeness (QED) is 0.630. The van der Waals surface area contributed by atoms with Crippen LogP contribution < -0.4 is 9.04 Å². The van der Waals surface area contributed by atoms with Crippen molar-refractivity contribution in [3.8, 4) is 5.75 Å². The summed E-state index contributed by atoms with van der Waals surface area (Å²) in [7, 11) is -4.07. The van der Waals surface area contributed by atoms with Crippen LogP contribution >= 0.6 is 0 Å². The van der Waals surface area contributed by atoms with E-state index < -0.39 is 22.5 Å². The van der Waals surface area contributed by atoms with Crippen LogP contribution in [0.5, 0.6) is 5.75 Å². The lowest BCUT2D eigenvalue weighted by Crippen LogP contribution is -2.40. The molecule has 0 aromatic heterocycles. The number of aryl methyl sites for hydroxylation is 2. The summed E-state index contributed by atoms with van der Waals surface area (Å²) in [5.74, 6) is -0.173. The summed E-state index contributed by atoms with van der Waals surface area (Å²) in [4.78, 5) is 13.0. The Morgan fingerprint density at radius 2 is 1.36 bits per heavy atom. The molecule has 0 saturated heterocycles. The Morgan fingerprint density at radius 1 is 0.821 bits per heavy atom. The van der Waals surface area contributed by atoms with Crippen LogP contribution in [0.3, 0.4) is 0 Å². The van der Waals surface area contributed by atoms with Crippen molar-refractivity contribution in [2.75, 3.05) is 10.9 Å². The van der Waals surface area contributed by atoms with Gasteiger partial charge in [0, 0.05) is 0 Å². The second kappa shape index (κ2) is 8.27. The largest absolute Gasteiger partial charge is 0.484 e. The average Bonchev–Trinajstić information content (AvgIpc) is 2.70. The normalized spacial score (nSPS) is 11.1. The van der Waals surface area contributed by atoms with Crippen LogP contribution in [0.4, 0.5) is 5.69 Å². The number of anilines is 1. The Kier molecular flexibility index (Phi) is 5.80. The Bertz CT molecular complexity index is 1040. The van der Waals surface area contributed by atoms with Crippen LogP contribution in [0.25, 0.3) is 0 Å². The topological polar surface area (TPSA) is 63.7 Å². The first-order valence-corrected chi connectivity index (χ1v) is 10.2. The molecule has 0 N–H and O–H groups in total. The van der Waals surface area contributed by atoms with E-state index in [9.17, 15) is 13.2 Å². The molecule has 0 spiro atoms. The zero-order valence-electron chi connectivity index (χ0n) is 15.7. The molecule has 0 saturated carbocycles. The highest BCUT2D eigenvalue weighted by atomic mass is 32.2. The van der Waals surface area contributed by atoms with Gasteiger partial charge in [-0.05, 0) is 50.2 Å². The molecule has 0 radical (unpaired) electrons. The number of sulfonamides is 1. The van der Waals surface area contributed by atoms with Crippen molar-refractivity contribution in [3.63, 3.8) is 0 Å². The minimum Gasteiger partial charge on any atom is -0.484 e. The van der Waals surface area contributed by atoms with Gasteiger partial charge in [-0.1, -0.05) is 53.6 Å². The van der Waals surface area contributed by atoms with E-state index in [-0.39, 0.29) is 10.6 Å². The van der Waals surface area contributed by atoms with Gasteiger partial charge in [0.15, 0.2) is 6.61 Å². The number of nitrogens with zero attached hydrogens (tertiary/aromatic N) is 1. The van der Waals surface area contributed by atoms with Crippen LogP contribution in [0, 0.1) is 13.8 Å². The molecule has 0 unspecified atom stereocenters. The maximum Gasteiger partial charge on any atom is 0.278 e. The third-order valence-electron chi connectivity index (χ3n) is 4.16. The second-order valence-electron chi connectivity index (χ2n) is 6.41. The molecule has 144 valence electrons. The summed E-state index contributed by atoms with van der Waals surface area (Å²) in [5, 5.41) is 0. The summed E-state index contributed by atoms with van der Waals surface area (Å²) >= 11 is 0. The molecule has 3 aromatic carbocycles. The van der Waals surface area contributed by atoms with Gasteiger partial charge < -0.3 is 4.74 Å². The van der Waals surface area contributed by atoms with Crippen molar-refractivity contribution in [2.45, 2.75) is 18.7 Å². The van der Waals surface area contributed by atoms with Gasteiger partial charge in [-0.15, -0.1) is 0 Å². The number of carbonyl (C=O) groups excluding carboxylic acids is 1. The van der Waals surface area contributed by atoms with Gasteiger partial charge in [0.25, 0.3) is 15.9 Å². The van der Waals surface area contributed by atoms with E-state index in [1.165, 1.54) is 12.1 Å². The van der Waals surface area contributed by atoms with E-state index in [0.29, 0.717) is 5.75 Å². The van der Waals surface area contributed by atoms with Crippen molar-refractivity contribution >= 4 is 21.6 Å². The van der Waals surface area contributed by atoms with Crippen LogP contribution in [0.2, 0.25) is 0 Å². The number of benzene rings is 3. The summed E-state index contributed by atoms with van der Waals surface area (Å²) in [6.07, 6.45) is 0. The third-order valence-corrected chi connectivity index (χ3v) is 5.92. The third kappa shape index (κ3) is 4.40. The molecule has 1 amide bonds. The van der Waals surface area contributed by atoms with Crippen molar-refractivity contribution in [3.05, 3.63) is 90.0 Å². The van der Waals surface area contributed by atoms with E-state index in [1.54, 1.807) is 54.6 Å². The Balaban J connectivity index is 1.92. The monoisotopic (exact) mass is 395 g/mol. The first-order valence-electron chi connectivity index (χ1n) is 8.77. The summed E-state index contributed by atoms with van der Waals surface area (Å²) in [6, 6.07) is 21.8. The predicted molar refractivity (Wildman–Crippen MR) is 109 cm³/mol. The molecule has 3 rings (SSSR count). The highest BCUT2D eigenvalue weighted by molar-refractivity contribution is 7.93. The van der Waals surface area contributed by atoms with Gasteiger partial charge in [0.2, 0.25) is 0 Å². The lowest BCUT2D eigenvalue weighted by Gasteiger charge is -2.23. The standard InChI is InChI=1S/C22H21NO4S/c1-17-8-12-19(13-9-17)23(28(25,26)21-6-4-3-5-7-21)22(24)16-27-20-14-10-18(2)11-15-20/h3-15H,16H2,1-2H3. The lowest BCUT2D eigenvalue weighted by molar-refractivity contribution is -0.119. The maximum absolute atomic E-state index is 13.2. The molecule has 3 aromatic rings. The summed E-state index contributed by atoms with van der Waals surface area (Å²) in [6.45, 7) is 3.44. The molecule has 0 bridgehead atoms. The predicted octanol–water partition coefficient (Wildman–Crippen LogP) is 4.10. The highest BCUT2D eigenvalue weighted by Gasteiger charge is 2.31. The van der Waals surface area contributed by atoms with Crippen molar-refractivity contribution in [1.29, 1.82) is 0 Å². The second-order valence-corrected chi connectivity index (χ2v) is 8.20. The average molecular weight is 395 g/mol. The fourth-order valence-corrected chi connectivity index (χ4v) is 4.06. The fraction of sp³-hybridized carbons (Fsp3) is 0.136. The summed E-state index contributed by atoms with van der Waals surface area (Å²) < 4.78 is 32.7. The number of carbonyl (C=O) groups is 1. The zero-order chi connectivity index (χ0) is 20.1. The molecule has 6 heteroatoms. The van der Waals surface area contributed by atoms with Crippen LogP contribution in [-0.2, 0) is 14.8 Å². The molecular formula is C22H21NO4S. The maximum atomic E-state index is 13.2.